The van der Waals surface area contributed by atoms with Crippen molar-refractivity contribution in [2.75, 3.05) is 13.3 Å². The number of nitrogens with zero attached hydrogens (tertiary/aromatic N) is 2. The molecule has 142 valence electrons. The number of hydrogen-bond donors (Lipinski definition) is 1. The van der Waals surface area contributed by atoms with Crippen LogP contribution in [0.25, 0.3) is 5.69 Å². The lowest BCUT2D eigenvalue weighted by atomic mass is 10.1. The Balaban J connectivity index is 1.56. The first-order valence-corrected chi connectivity index (χ1v) is 8.93. The molecule has 1 aliphatic heterocycles. The van der Waals surface area contributed by atoms with Crippen molar-refractivity contribution >= 4 is 5.91 Å². The van der Waals surface area contributed by atoms with Crippen molar-refractivity contribution in [1.82, 2.24) is 14.9 Å². The number of nitrogens with one attached hydrogen (secondary N) is 1. The van der Waals surface area contributed by atoms with Crippen molar-refractivity contribution < 1.29 is 14.3 Å². The number of fused-ring (bicyclic) bond motifs is 1. The van der Waals surface area contributed by atoms with E-state index in [1.807, 2.05) is 12.1 Å². The molecule has 1 aliphatic rings. The Labute approximate surface area is 161 Å². The summed E-state index contributed by atoms with van der Waals surface area (Å²) >= 11 is 0. The average molecular weight is 377 g/mol. The van der Waals surface area contributed by atoms with Crippen LogP contribution in [0.3, 0.4) is 0 Å². The maximum absolute atomic E-state index is 13.0. The minimum Gasteiger partial charge on any atom is -0.454 e. The SMILES string of the molecule is Cc1ccn(-c2ccc3c(c2)OCO3)c(=O)c1C(=O)NCCc1cccnc1. The second-order valence-corrected chi connectivity index (χ2v) is 6.45. The summed E-state index contributed by atoms with van der Waals surface area (Å²) in [5, 5.41) is 2.82. The van der Waals surface area contributed by atoms with Gasteiger partial charge in [0.1, 0.15) is 5.56 Å². The number of hydrogen-bond acceptors (Lipinski definition) is 5. The molecular weight excluding hydrogens is 358 g/mol. The first-order valence-electron chi connectivity index (χ1n) is 8.93. The molecular formula is C21H19N3O4. The molecule has 0 bridgehead atoms. The molecule has 0 spiro atoms. The zero-order chi connectivity index (χ0) is 19.5. The van der Waals surface area contributed by atoms with Gasteiger partial charge in [0.05, 0.1) is 5.69 Å². The molecule has 0 radical (unpaired) electrons. The van der Waals surface area contributed by atoms with Gasteiger partial charge >= 0.3 is 0 Å². The first-order chi connectivity index (χ1) is 13.6. The standard InChI is InChI=1S/C21H19N3O4/c1-14-7-10-24(16-4-5-17-18(11-16)28-13-27-17)21(26)19(14)20(25)23-9-6-15-3-2-8-22-12-15/h2-5,7-8,10-12H,6,9,13H2,1H3,(H,23,25). The summed E-state index contributed by atoms with van der Waals surface area (Å²) in [4.78, 5) is 29.7. The second kappa shape index (κ2) is 7.56. The Hall–Kier alpha value is -3.61. The molecule has 3 aromatic rings. The average Bonchev–Trinajstić information content (AvgIpc) is 3.17. The normalized spacial score (nSPS) is 12.0. The number of benzene rings is 1. The van der Waals surface area contributed by atoms with E-state index in [0.29, 0.717) is 35.7 Å². The molecule has 1 N–H and O–H groups in total. The molecule has 0 saturated carbocycles. The lowest BCUT2D eigenvalue weighted by Crippen LogP contribution is -2.34. The number of amides is 1. The number of carbonyl (C=O) groups is 1. The van der Waals surface area contributed by atoms with Crippen LogP contribution in [0, 0.1) is 6.92 Å². The largest absolute Gasteiger partial charge is 0.454 e. The van der Waals surface area contributed by atoms with Gasteiger partial charge in [-0.3, -0.25) is 19.1 Å². The maximum atomic E-state index is 13.0. The number of aromatic nitrogens is 2. The predicted octanol–water partition coefficient (Wildman–Crippen LogP) is 2.24. The molecule has 0 saturated heterocycles. The lowest BCUT2D eigenvalue weighted by molar-refractivity contribution is 0.0951. The molecule has 1 aromatic carbocycles. The van der Waals surface area contributed by atoms with Crippen LogP contribution in [-0.4, -0.2) is 28.8 Å². The third-order valence-corrected chi connectivity index (χ3v) is 4.58. The van der Waals surface area contributed by atoms with Gasteiger partial charge < -0.3 is 14.8 Å². The first kappa shape index (κ1) is 17.8. The van der Waals surface area contributed by atoms with E-state index in [4.69, 9.17) is 9.47 Å². The maximum Gasteiger partial charge on any atom is 0.268 e. The Morgan fingerprint density at radius 2 is 2.07 bits per heavy atom. The summed E-state index contributed by atoms with van der Waals surface area (Å²) in [5.74, 6) is 0.825. The van der Waals surface area contributed by atoms with Crippen LogP contribution in [-0.2, 0) is 6.42 Å². The topological polar surface area (TPSA) is 82.5 Å². The minimum atomic E-state index is -0.388. The van der Waals surface area contributed by atoms with Gasteiger partial charge in [-0.1, -0.05) is 6.07 Å². The smallest absolute Gasteiger partial charge is 0.268 e. The van der Waals surface area contributed by atoms with Gasteiger partial charge in [0.15, 0.2) is 11.5 Å². The minimum absolute atomic E-state index is 0.131. The van der Waals surface area contributed by atoms with Gasteiger partial charge in [-0.05, 0) is 48.7 Å². The van der Waals surface area contributed by atoms with Gasteiger partial charge in [0.25, 0.3) is 11.5 Å². The lowest BCUT2D eigenvalue weighted by Gasteiger charge is -2.12. The Bertz CT molecular complexity index is 1080. The number of pyridine rings is 2. The van der Waals surface area contributed by atoms with Crippen molar-refractivity contribution in [3.05, 3.63) is 82.0 Å². The summed E-state index contributed by atoms with van der Waals surface area (Å²) in [6.45, 7) is 2.33. The molecule has 7 heteroatoms. The van der Waals surface area contributed by atoms with E-state index in [1.54, 1.807) is 49.8 Å². The molecule has 1 amide bonds. The van der Waals surface area contributed by atoms with Gasteiger partial charge in [-0.2, -0.15) is 0 Å². The van der Waals surface area contributed by atoms with Crippen molar-refractivity contribution in [3.63, 3.8) is 0 Å². The molecule has 0 atom stereocenters. The number of rotatable bonds is 5. The molecule has 28 heavy (non-hydrogen) atoms. The van der Waals surface area contributed by atoms with E-state index >= 15 is 0 Å². The fourth-order valence-corrected chi connectivity index (χ4v) is 3.10. The third kappa shape index (κ3) is 3.46. The number of carbonyl (C=O) groups excluding carboxylic acids is 1. The number of aryl methyl sites for hydroxylation is 1. The number of ether oxygens (including phenoxy) is 2. The van der Waals surface area contributed by atoms with E-state index in [1.165, 1.54) is 4.57 Å². The highest BCUT2D eigenvalue weighted by molar-refractivity contribution is 5.95. The summed E-state index contributed by atoms with van der Waals surface area (Å²) < 4.78 is 12.1. The fourth-order valence-electron chi connectivity index (χ4n) is 3.10. The highest BCUT2D eigenvalue weighted by Crippen LogP contribution is 2.33. The van der Waals surface area contributed by atoms with Crippen molar-refractivity contribution in [2.24, 2.45) is 0 Å². The van der Waals surface area contributed by atoms with Crippen LogP contribution < -0.4 is 20.3 Å². The Morgan fingerprint density at radius 1 is 1.21 bits per heavy atom. The predicted molar refractivity (Wildman–Crippen MR) is 103 cm³/mol. The zero-order valence-electron chi connectivity index (χ0n) is 15.3. The van der Waals surface area contributed by atoms with E-state index in [-0.39, 0.29) is 23.8 Å². The molecule has 0 fully saturated rings. The van der Waals surface area contributed by atoms with E-state index in [9.17, 15) is 9.59 Å². The Morgan fingerprint density at radius 3 is 2.89 bits per heavy atom. The summed E-state index contributed by atoms with van der Waals surface area (Å²) in [6, 6.07) is 10.8. The van der Waals surface area contributed by atoms with Crippen LogP contribution in [0.15, 0.2) is 59.8 Å². The van der Waals surface area contributed by atoms with Gasteiger partial charge in [0, 0.05) is 31.2 Å². The monoisotopic (exact) mass is 377 g/mol. The highest BCUT2D eigenvalue weighted by Gasteiger charge is 2.18. The third-order valence-electron chi connectivity index (χ3n) is 4.58. The molecule has 2 aromatic heterocycles. The van der Waals surface area contributed by atoms with Crippen LogP contribution in [0.4, 0.5) is 0 Å². The summed E-state index contributed by atoms with van der Waals surface area (Å²) in [7, 11) is 0. The van der Waals surface area contributed by atoms with E-state index in [2.05, 4.69) is 10.3 Å². The van der Waals surface area contributed by atoms with Crippen molar-refractivity contribution in [1.29, 1.82) is 0 Å². The van der Waals surface area contributed by atoms with Gasteiger partial charge in [-0.15, -0.1) is 0 Å². The second-order valence-electron chi connectivity index (χ2n) is 6.45. The van der Waals surface area contributed by atoms with Crippen molar-refractivity contribution in [3.8, 4) is 17.2 Å². The molecule has 0 unspecified atom stereocenters. The molecule has 7 nitrogen and oxygen atoms in total. The van der Waals surface area contributed by atoms with Crippen LogP contribution in [0.5, 0.6) is 11.5 Å². The Kier molecular flexibility index (Phi) is 4.80. The molecule has 0 aliphatic carbocycles. The van der Waals surface area contributed by atoms with Crippen LogP contribution >= 0.6 is 0 Å². The highest BCUT2D eigenvalue weighted by atomic mass is 16.7. The van der Waals surface area contributed by atoms with E-state index < -0.39 is 0 Å². The quantitative estimate of drug-likeness (QED) is 0.737. The summed E-state index contributed by atoms with van der Waals surface area (Å²) in [6.07, 6.45) is 5.75. The molecule has 3 heterocycles. The van der Waals surface area contributed by atoms with Crippen LogP contribution in [0.1, 0.15) is 21.5 Å². The van der Waals surface area contributed by atoms with E-state index in [0.717, 1.165) is 5.56 Å². The van der Waals surface area contributed by atoms with Crippen LogP contribution in [0.2, 0.25) is 0 Å². The molecule has 4 rings (SSSR count). The van der Waals surface area contributed by atoms with Gasteiger partial charge in [0.2, 0.25) is 6.79 Å². The zero-order valence-corrected chi connectivity index (χ0v) is 15.3. The fraction of sp³-hybridized carbons (Fsp3) is 0.190. The summed E-state index contributed by atoms with van der Waals surface area (Å²) in [5.41, 5.74) is 2.01. The van der Waals surface area contributed by atoms with Crippen molar-refractivity contribution in [2.45, 2.75) is 13.3 Å². The van der Waals surface area contributed by atoms with Gasteiger partial charge in [-0.25, -0.2) is 0 Å².